The van der Waals surface area contributed by atoms with Crippen molar-refractivity contribution in [3.63, 3.8) is 0 Å². The second-order valence-corrected chi connectivity index (χ2v) is 5.71. The fourth-order valence-corrected chi connectivity index (χ4v) is 2.72. The second-order valence-electron chi connectivity index (χ2n) is 5.71. The average Bonchev–Trinajstić information content (AvgIpc) is 2.59. The fourth-order valence-electron chi connectivity index (χ4n) is 2.72. The zero-order valence-electron chi connectivity index (χ0n) is 13.7. The lowest BCUT2D eigenvalue weighted by Gasteiger charge is -2.18. The number of benzene rings is 2. The van der Waals surface area contributed by atoms with Gasteiger partial charge in [-0.25, -0.2) is 0 Å². The third kappa shape index (κ3) is 3.06. The number of fused-ring (bicyclic) bond motifs is 2. The number of hydrogen-bond donors (Lipinski definition) is 1. The molecule has 6 heteroatoms. The molecule has 0 fully saturated rings. The van der Waals surface area contributed by atoms with E-state index in [1.54, 1.807) is 24.3 Å². The van der Waals surface area contributed by atoms with Crippen LogP contribution in [0.4, 0.5) is 5.69 Å². The van der Waals surface area contributed by atoms with Crippen molar-refractivity contribution in [3.05, 3.63) is 64.7 Å². The lowest BCUT2D eigenvalue weighted by Crippen LogP contribution is -2.29. The molecule has 3 rings (SSSR count). The predicted octanol–water partition coefficient (Wildman–Crippen LogP) is 2.35. The molecule has 1 aliphatic carbocycles. The summed E-state index contributed by atoms with van der Waals surface area (Å²) in [6, 6.07) is 11.1. The maximum atomic E-state index is 12.6. The van der Waals surface area contributed by atoms with Gasteiger partial charge in [0.1, 0.15) is 0 Å². The third-order valence-electron chi connectivity index (χ3n) is 3.90. The minimum absolute atomic E-state index is 0.226. The molecule has 2 aromatic rings. The summed E-state index contributed by atoms with van der Waals surface area (Å²) in [5, 5.41) is 2.58. The molecule has 25 heavy (non-hydrogen) atoms. The predicted molar refractivity (Wildman–Crippen MR) is 89.6 cm³/mol. The van der Waals surface area contributed by atoms with E-state index in [4.69, 9.17) is 4.74 Å². The van der Waals surface area contributed by atoms with Crippen LogP contribution in [0.1, 0.15) is 45.7 Å². The SMILES string of the molecule is CC(=O)O[C@@H](C)C(=O)Nc1ccc2c(c1)C(=O)c1ccccc1C2=O. The number of ketones is 2. The first-order valence-electron chi connectivity index (χ1n) is 7.69. The summed E-state index contributed by atoms with van der Waals surface area (Å²) >= 11 is 0. The van der Waals surface area contributed by atoms with Gasteiger partial charge in [0.2, 0.25) is 0 Å². The molecule has 0 unspecified atom stereocenters. The maximum absolute atomic E-state index is 12.6. The van der Waals surface area contributed by atoms with E-state index in [0.29, 0.717) is 22.4 Å². The molecule has 1 atom stereocenters. The van der Waals surface area contributed by atoms with Gasteiger partial charge in [-0.2, -0.15) is 0 Å². The monoisotopic (exact) mass is 337 g/mol. The van der Waals surface area contributed by atoms with E-state index in [-0.39, 0.29) is 17.1 Å². The molecule has 0 heterocycles. The van der Waals surface area contributed by atoms with Crippen LogP contribution in [0.3, 0.4) is 0 Å². The van der Waals surface area contributed by atoms with Gasteiger partial charge < -0.3 is 10.1 Å². The minimum Gasteiger partial charge on any atom is -0.453 e. The summed E-state index contributed by atoms with van der Waals surface area (Å²) in [6.45, 7) is 2.66. The Bertz CT molecular complexity index is 916. The van der Waals surface area contributed by atoms with Gasteiger partial charge in [-0.05, 0) is 25.1 Å². The molecule has 1 aliphatic rings. The van der Waals surface area contributed by atoms with E-state index < -0.39 is 18.0 Å². The molecular formula is C19H15NO5. The molecule has 6 nitrogen and oxygen atoms in total. The zero-order valence-corrected chi connectivity index (χ0v) is 13.7. The summed E-state index contributed by atoms with van der Waals surface area (Å²) in [7, 11) is 0. The molecule has 1 N–H and O–H groups in total. The highest BCUT2D eigenvalue weighted by atomic mass is 16.5. The van der Waals surface area contributed by atoms with Crippen LogP contribution in [-0.2, 0) is 14.3 Å². The number of amides is 1. The standard InChI is InChI=1S/C19H15NO5/c1-10(25-11(2)21)19(24)20-12-7-8-15-16(9-12)18(23)14-6-4-3-5-13(14)17(15)22/h3-10H,1-2H3,(H,20,24)/t10-/m0/s1. The van der Waals surface area contributed by atoms with E-state index in [1.165, 1.54) is 32.0 Å². The number of ether oxygens (including phenoxy) is 1. The van der Waals surface area contributed by atoms with Gasteiger partial charge in [-0.15, -0.1) is 0 Å². The van der Waals surface area contributed by atoms with E-state index in [1.807, 2.05) is 0 Å². The summed E-state index contributed by atoms with van der Waals surface area (Å²) in [4.78, 5) is 48.1. The largest absolute Gasteiger partial charge is 0.453 e. The first kappa shape index (κ1) is 16.6. The second kappa shape index (κ2) is 6.32. The Morgan fingerprint density at radius 3 is 2.08 bits per heavy atom. The first-order valence-corrected chi connectivity index (χ1v) is 7.69. The number of hydrogen-bond acceptors (Lipinski definition) is 5. The summed E-state index contributed by atoms with van der Waals surface area (Å²) in [5.41, 5.74) is 1.61. The van der Waals surface area contributed by atoms with Crippen molar-refractivity contribution in [3.8, 4) is 0 Å². The van der Waals surface area contributed by atoms with Crippen molar-refractivity contribution in [1.82, 2.24) is 0 Å². The van der Waals surface area contributed by atoms with Gasteiger partial charge in [-0.1, -0.05) is 24.3 Å². The highest BCUT2D eigenvalue weighted by Crippen LogP contribution is 2.29. The normalized spacial score (nSPS) is 13.5. The van der Waals surface area contributed by atoms with E-state index in [9.17, 15) is 19.2 Å². The lowest BCUT2D eigenvalue weighted by atomic mass is 9.84. The van der Waals surface area contributed by atoms with Crippen molar-refractivity contribution < 1.29 is 23.9 Å². The molecule has 1 amide bonds. The zero-order chi connectivity index (χ0) is 18.1. The van der Waals surface area contributed by atoms with Crippen LogP contribution in [0.2, 0.25) is 0 Å². The topological polar surface area (TPSA) is 89.5 Å². The lowest BCUT2D eigenvalue weighted by molar-refractivity contribution is -0.150. The number of rotatable bonds is 3. The number of anilines is 1. The van der Waals surface area contributed by atoms with Crippen LogP contribution in [0.25, 0.3) is 0 Å². The Morgan fingerprint density at radius 1 is 0.920 bits per heavy atom. The Kier molecular flexibility index (Phi) is 4.19. The number of esters is 1. The number of carbonyl (C=O) groups excluding carboxylic acids is 4. The highest BCUT2D eigenvalue weighted by molar-refractivity contribution is 6.28. The molecule has 0 saturated carbocycles. The van der Waals surface area contributed by atoms with Gasteiger partial charge in [0, 0.05) is 34.9 Å². The third-order valence-corrected chi connectivity index (χ3v) is 3.90. The van der Waals surface area contributed by atoms with Gasteiger partial charge in [-0.3, -0.25) is 19.2 Å². The van der Waals surface area contributed by atoms with Gasteiger partial charge in [0.25, 0.3) is 5.91 Å². The van der Waals surface area contributed by atoms with E-state index in [2.05, 4.69) is 5.32 Å². The fraction of sp³-hybridized carbons (Fsp3) is 0.158. The Hall–Kier alpha value is -3.28. The van der Waals surface area contributed by atoms with E-state index >= 15 is 0 Å². The smallest absolute Gasteiger partial charge is 0.303 e. The van der Waals surface area contributed by atoms with Crippen LogP contribution < -0.4 is 5.32 Å². The first-order chi connectivity index (χ1) is 11.9. The minimum atomic E-state index is -0.966. The van der Waals surface area contributed by atoms with Crippen molar-refractivity contribution in [2.24, 2.45) is 0 Å². The maximum Gasteiger partial charge on any atom is 0.303 e. The summed E-state index contributed by atoms with van der Waals surface area (Å²) in [5.74, 6) is -1.58. The summed E-state index contributed by atoms with van der Waals surface area (Å²) < 4.78 is 4.81. The molecular weight excluding hydrogens is 322 g/mol. The highest BCUT2D eigenvalue weighted by Gasteiger charge is 2.29. The van der Waals surface area contributed by atoms with Crippen molar-refractivity contribution >= 4 is 29.1 Å². The van der Waals surface area contributed by atoms with E-state index in [0.717, 1.165) is 0 Å². The molecule has 0 aromatic heterocycles. The summed E-state index contributed by atoms with van der Waals surface area (Å²) in [6.07, 6.45) is -0.966. The average molecular weight is 337 g/mol. The van der Waals surface area contributed by atoms with Crippen molar-refractivity contribution in [1.29, 1.82) is 0 Å². The molecule has 126 valence electrons. The molecule has 0 spiro atoms. The molecule has 0 radical (unpaired) electrons. The van der Waals surface area contributed by atoms with Crippen LogP contribution in [0, 0.1) is 0 Å². The quantitative estimate of drug-likeness (QED) is 0.741. The molecule has 0 aliphatic heterocycles. The number of carbonyl (C=O) groups is 4. The Labute approximate surface area is 143 Å². The van der Waals surface area contributed by atoms with Gasteiger partial charge in [0.05, 0.1) is 0 Å². The van der Waals surface area contributed by atoms with Gasteiger partial charge >= 0.3 is 5.97 Å². The molecule has 2 aromatic carbocycles. The molecule has 0 saturated heterocycles. The van der Waals surface area contributed by atoms with Crippen LogP contribution in [0.5, 0.6) is 0 Å². The van der Waals surface area contributed by atoms with Crippen LogP contribution in [0.15, 0.2) is 42.5 Å². The number of nitrogens with one attached hydrogen (secondary N) is 1. The van der Waals surface area contributed by atoms with Gasteiger partial charge in [0.15, 0.2) is 17.7 Å². The van der Waals surface area contributed by atoms with Crippen molar-refractivity contribution in [2.75, 3.05) is 5.32 Å². The van der Waals surface area contributed by atoms with Crippen molar-refractivity contribution in [2.45, 2.75) is 20.0 Å². The Morgan fingerprint density at radius 2 is 1.48 bits per heavy atom. The Balaban J connectivity index is 1.90. The molecule has 0 bridgehead atoms. The van der Waals surface area contributed by atoms with Crippen LogP contribution in [-0.4, -0.2) is 29.5 Å². The van der Waals surface area contributed by atoms with Crippen LogP contribution >= 0.6 is 0 Å².